The predicted octanol–water partition coefficient (Wildman–Crippen LogP) is 6.36. The van der Waals surface area contributed by atoms with E-state index in [-0.39, 0.29) is 11.0 Å². The first-order chi connectivity index (χ1) is 10.7. The molecule has 0 saturated heterocycles. The number of benzene rings is 2. The molecule has 0 saturated carbocycles. The number of rotatable bonds is 1. The smallest absolute Gasteiger partial charge is 0.166 e. The fourth-order valence-corrected chi connectivity index (χ4v) is 3.05. The van der Waals surface area contributed by atoms with Crippen molar-refractivity contribution in [1.29, 1.82) is 0 Å². The molecule has 0 spiro atoms. The molecule has 1 aliphatic carbocycles. The van der Waals surface area contributed by atoms with Gasteiger partial charge in [-0.3, -0.25) is 0 Å². The molecule has 3 rings (SSSR count). The second-order valence-corrected chi connectivity index (χ2v) is 7.02. The Kier molecular flexibility index (Phi) is 3.62. The minimum atomic E-state index is -4.35. The highest BCUT2D eigenvalue weighted by Crippen LogP contribution is 2.43. The quantitative estimate of drug-likeness (QED) is 0.574. The van der Waals surface area contributed by atoms with Gasteiger partial charge in [-0.2, -0.15) is 13.2 Å². The summed E-state index contributed by atoms with van der Waals surface area (Å²) >= 11 is 0. The van der Waals surface area contributed by atoms with Crippen molar-refractivity contribution in [2.24, 2.45) is 5.41 Å². The van der Waals surface area contributed by atoms with Crippen LogP contribution in [0.2, 0.25) is 0 Å². The van der Waals surface area contributed by atoms with E-state index < -0.39 is 11.7 Å². The van der Waals surface area contributed by atoms with Crippen LogP contribution < -0.4 is 0 Å². The minimum absolute atomic E-state index is 0.0137. The Labute approximate surface area is 134 Å². The third-order valence-corrected chi connectivity index (χ3v) is 4.38. The number of hydrogen-bond donors (Lipinski definition) is 0. The summed E-state index contributed by atoms with van der Waals surface area (Å²) in [6.07, 6.45) is -1.48. The minimum Gasteiger partial charge on any atom is -0.166 e. The topological polar surface area (TPSA) is 0 Å². The van der Waals surface area contributed by atoms with E-state index in [1.165, 1.54) is 11.6 Å². The lowest BCUT2D eigenvalue weighted by atomic mass is 9.85. The van der Waals surface area contributed by atoms with Gasteiger partial charge in [-0.1, -0.05) is 68.8 Å². The maximum absolute atomic E-state index is 13.3. The predicted molar refractivity (Wildman–Crippen MR) is 88.0 cm³/mol. The molecule has 0 heterocycles. The number of hydrogen-bond acceptors (Lipinski definition) is 0. The van der Waals surface area contributed by atoms with Crippen LogP contribution in [0, 0.1) is 5.41 Å². The Morgan fingerprint density at radius 2 is 1.48 bits per heavy atom. The lowest BCUT2D eigenvalue weighted by Crippen LogP contribution is -2.08. The number of alkyl halides is 3. The molecule has 0 radical (unpaired) electrons. The number of halogens is 3. The van der Waals surface area contributed by atoms with Crippen molar-refractivity contribution in [2.75, 3.05) is 0 Å². The summed E-state index contributed by atoms with van der Waals surface area (Å²) < 4.78 is 40.0. The van der Waals surface area contributed by atoms with Gasteiger partial charge in [0.05, 0.1) is 5.56 Å². The van der Waals surface area contributed by atoms with Gasteiger partial charge in [0.1, 0.15) is 0 Å². The lowest BCUT2D eigenvalue weighted by Gasteiger charge is -2.19. The zero-order chi connectivity index (χ0) is 16.8. The summed E-state index contributed by atoms with van der Waals surface area (Å²) in [6, 6.07) is 11.4. The lowest BCUT2D eigenvalue weighted by molar-refractivity contribution is -0.137. The van der Waals surface area contributed by atoms with E-state index in [0.29, 0.717) is 5.56 Å². The fourth-order valence-electron chi connectivity index (χ4n) is 3.05. The molecule has 23 heavy (non-hydrogen) atoms. The molecule has 2 aromatic rings. The molecule has 0 aliphatic heterocycles. The van der Waals surface area contributed by atoms with Gasteiger partial charge in [-0.05, 0) is 40.2 Å². The summed E-state index contributed by atoms with van der Waals surface area (Å²) in [5.74, 6) is 0. The molecule has 0 fully saturated rings. The number of allylic oxidation sites excluding steroid dienone is 1. The standard InChI is InChI=1S/C20H19F3/c1-19(2,3)14-11-13-7-6-9-15(17(13)12-14)16-8-4-5-10-18(16)20(21,22)23/h4-10,12H,11H2,1-3H3. The first kappa shape index (κ1) is 15.9. The highest BCUT2D eigenvalue weighted by Gasteiger charge is 2.34. The average Bonchev–Trinajstić information content (AvgIpc) is 2.90. The molecule has 1 aliphatic rings. The highest BCUT2D eigenvalue weighted by atomic mass is 19.4. The molecule has 0 atom stereocenters. The Balaban J connectivity index is 2.19. The molecule has 0 aromatic heterocycles. The van der Waals surface area contributed by atoms with E-state index in [2.05, 4.69) is 26.8 Å². The van der Waals surface area contributed by atoms with Gasteiger partial charge >= 0.3 is 6.18 Å². The van der Waals surface area contributed by atoms with Gasteiger partial charge in [0.15, 0.2) is 0 Å². The van der Waals surface area contributed by atoms with Crippen molar-refractivity contribution in [2.45, 2.75) is 33.4 Å². The van der Waals surface area contributed by atoms with Crippen LogP contribution in [0.4, 0.5) is 13.2 Å². The van der Waals surface area contributed by atoms with Crippen LogP contribution in [0.3, 0.4) is 0 Å². The van der Waals surface area contributed by atoms with Gasteiger partial charge in [0.2, 0.25) is 0 Å². The van der Waals surface area contributed by atoms with Gasteiger partial charge in [0, 0.05) is 0 Å². The molecule has 0 nitrogen and oxygen atoms in total. The van der Waals surface area contributed by atoms with Crippen molar-refractivity contribution < 1.29 is 13.2 Å². The molecule has 0 N–H and O–H groups in total. The largest absolute Gasteiger partial charge is 0.417 e. The van der Waals surface area contributed by atoms with Gasteiger partial charge in [-0.25, -0.2) is 0 Å². The monoisotopic (exact) mass is 316 g/mol. The van der Waals surface area contributed by atoms with Crippen LogP contribution in [-0.2, 0) is 12.6 Å². The molecule has 120 valence electrons. The van der Waals surface area contributed by atoms with E-state index >= 15 is 0 Å². The Morgan fingerprint density at radius 1 is 0.826 bits per heavy atom. The summed E-state index contributed by atoms with van der Waals surface area (Å²) in [7, 11) is 0. The van der Waals surface area contributed by atoms with E-state index in [9.17, 15) is 13.2 Å². The van der Waals surface area contributed by atoms with Gasteiger partial charge in [-0.15, -0.1) is 0 Å². The van der Waals surface area contributed by atoms with Crippen molar-refractivity contribution >= 4 is 6.08 Å². The molecule has 0 amide bonds. The fraction of sp³-hybridized carbons (Fsp3) is 0.300. The average molecular weight is 316 g/mol. The van der Waals surface area contributed by atoms with Crippen LogP contribution in [0.25, 0.3) is 17.2 Å². The second-order valence-electron chi connectivity index (χ2n) is 7.02. The third kappa shape index (κ3) is 2.92. The first-order valence-electron chi connectivity index (χ1n) is 7.67. The first-order valence-corrected chi connectivity index (χ1v) is 7.67. The summed E-state index contributed by atoms with van der Waals surface area (Å²) in [6.45, 7) is 6.40. The maximum atomic E-state index is 13.3. The van der Waals surface area contributed by atoms with Crippen LogP contribution >= 0.6 is 0 Å². The van der Waals surface area contributed by atoms with Crippen molar-refractivity contribution in [3.8, 4) is 11.1 Å². The zero-order valence-corrected chi connectivity index (χ0v) is 13.5. The highest BCUT2D eigenvalue weighted by molar-refractivity contribution is 5.82. The van der Waals surface area contributed by atoms with E-state index in [4.69, 9.17) is 0 Å². The normalized spacial score (nSPS) is 14.6. The molecule has 2 aromatic carbocycles. The summed E-state index contributed by atoms with van der Waals surface area (Å²) in [4.78, 5) is 0. The number of fused-ring (bicyclic) bond motifs is 1. The summed E-state index contributed by atoms with van der Waals surface area (Å²) in [5, 5.41) is 0. The van der Waals surface area contributed by atoms with Crippen LogP contribution in [0.15, 0.2) is 48.0 Å². The molecular weight excluding hydrogens is 297 g/mol. The van der Waals surface area contributed by atoms with Crippen molar-refractivity contribution in [3.63, 3.8) is 0 Å². The Morgan fingerprint density at radius 3 is 2.13 bits per heavy atom. The second kappa shape index (κ2) is 5.26. The molecule has 3 heteroatoms. The molecule has 0 bridgehead atoms. The van der Waals surface area contributed by atoms with Crippen LogP contribution in [0.1, 0.15) is 37.5 Å². The summed E-state index contributed by atoms with van der Waals surface area (Å²) in [5.41, 5.74) is 3.63. The van der Waals surface area contributed by atoms with E-state index in [1.807, 2.05) is 12.1 Å². The zero-order valence-electron chi connectivity index (χ0n) is 13.5. The van der Waals surface area contributed by atoms with Gasteiger partial charge < -0.3 is 0 Å². The van der Waals surface area contributed by atoms with E-state index in [0.717, 1.165) is 23.6 Å². The van der Waals surface area contributed by atoms with Crippen LogP contribution in [-0.4, -0.2) is 0 Å². The van der Waals surface area contributed by atoms with Crippen molar-refractivity contribution in [1.82, 2.24) is 0 Å². The third-order valence-electron chi connectivity index (χ3n) is 4.38. The van der Waals surface area contributed by atoms with Crippen molar-refractivity contribution in [3.05, 3.63) is 64.7 Å². The molecule has 0 unspecified atom stereocenters. The maximum Gasteiger partial charge on any atom is 0.417 e. The van der Waals surface area contributed by atoms with E-state index in [1.54, 1.807) is 18.2 Å². The van der Waals surface area contributed by atoms with Gasteiger partial charge in [0.25, 0.3) is 0 Å². The SMILES string of the molecule is CC(C)(C)C1=Cc2c(cccc2-c2ccccc2C(F)(F)F)C1. The molecular formula is C20H19F3. The Hall–Kier alpha value is -2.03. The van der Waals surface area contributed by atoms with Crippen LogP contribution in [0.5, 0.6) is 0 Å². The Bertz CT molecular complexity index is 774.